The van der Waals surface area contributed by atoms with E-state index in [1.807, 2.05) is 4.90 Å². The Hall–Kier alpha value is -3.85. The van der Waals surface area contributed by atoms with E-state index >= 15 is 0 Å². The average Bonchev–Trinajstić information content (AvgIpc) is 3.28. The first kappa shape index (κ1) is 26.2. The van der Waals surface area contributed by atoms with Crippen molar-refractivity contribution >= 4 is 23.7 Å². The second-order valence-corrected chi connectivity index (χ2v) is 7.13. The van der Waals surface area contributed by atoms with Crippen molar-refractivity contribution in [2.45, 2.75) is 38.5 Å². The van der Waals surface area contributed by atoms with E-state index in [0.29, 0.717) is 18.5 Å². The van der Waals surface area contributed by atoms with Crippen LogP contribution in [0.15, 0.2) is 35.3 Å². The molecule has 2 aliphatic heterocycles. The molecular weight excluding hydrogens is 408 g/mol. The second kappa shape index (κ2) is 15.0. The summed E-state index contributed by atoms with van der Waals surface area (Å²) in [6.45, 7) is 2.82. The number of likely N-dealkylation sites (tertiary alicyclic amines) is 2. The molecule has 2 heterocycles. The Morgan fingerprint density at radius 3 is 2.31 bits per heavy atom. The fourth-order valence-electron chi connectivity index (χ4n) is 3.30. The zero-order valence-electron chi connectivity index (χ0n) is 18.2. The van der Waals surface area contributed by atoms with Gasteiger partial charge < -0.3 is 15.5 Å². The van der Waals surface area contributed by atoms with Gasteiger partial charge in [-0.3, -0.25) is 19.7 Å². The van der Waals surface area contributed by atoms with Gasteiger partial charge in [0.25, 0.3) is 5.91 Å². The highest BCUT2D eigenvalue weighted by molar-refractivity contribution is 6.05. The van der Waals surface area contributed by atoms with Crippen LogP contribution in [0.3, 0.4) is 0 Å². The van der Waals surface area contributed by atoms with Crippen molar-refractivity contribution < 1.29 is 14.4 Å². The summed E-state index contributed by atoms with van der Waals surface area (Å²) in [6.07, 6.45) is 15.4. The van der Waals surface area contributed by atoms with Crippen LogP contribution in [0.5, 0.6) is 0 Å². The number of carbonyl (C=O) groups excluding carboxylic acids is 3. The van der Waals surface area contributed by atoms with E-state index in [2.05, 4.69) is 23.2 Å². The van der Waals surface area contributed by atoms with Gasteiger partial charge in [0.1, 0.15) is 0 Å². The summed E-state index contributed by atoms with van der Waals surface area (Å²) < 4.78 is 0. The lowest BCUT2D eigenvalue weighted by atomic mass is 10.2. The predicted molar refractivity (Wildman–Crippen MR) is 122 cm³/mol. The summed E-state index contributed by atoms with van der Waals surface area (Å²) in [4.78, 5) is 41.8. The van der Waals surface area contributed by atoms with E-state index in [0.717, 1.165) is 51.7 Å². The Kier molecular flexibility index (Phi) is 12.3. The molecular formula is C23H30N6O3. The highest BCUT2D eigenvalue weighted by Crippen LogP contribution is 2.13. The van der Waals surface area contributed by atoms with Crippen molar-refractivity contribution in [2.75, 3.05) is 26.2 Å². The third-order valence-corrected chi connectivity index (χ3v) is 4.90. The zero-order valence-corrected chi connectivity index (χ0v) is 18.2. The van der Waals surface area contributed by atoms with Gasteiger partial charge in [0.2, 0.25) is 24.0 Å². The van der Waals surface area contributed by atoms with Crippen LogP contribution in [0.2, 0.25) is 0 Å². The second-order valence-electron chi connectivity index (χ2n) is 7.13. The molecule has 3 rings (SSSR count). The smallest absolute Gasteiger partial charge is 0.257 e. The summed E-state index contributed by atoms with van der Waals surface area (Å²) in [5, 5.41) is 10.4. The van der Waals surface area contributed by atoms with Crippen molar-refractivity contribution in [3.8, 4) is 19.0 Å². The van der Waals surface area contributed by atoms with Gasteiger partial charge in [-0.2, -0.15) is 5.26 Å². The molecule has 32 heavy (non-hydrogen) atoms. The van der Waals surface area contributed by atoms with Crippen molar-refractivity contribution in [3.63, 3.8) is 0 Å². The number of amides is 3. The first-order valence-electron chi connectivity index (χ1n) is 10.5. The maximum atomic E-state index is 11.9. The Bertz CT molecular complexity index is 838. The Balaban J connectivity index is 0.000000300. The molecule has 2 fully saturated rings. The van der Waals surface area contributed by atoms with Crippen LogP contribution < -0.4 is 11.1 Å². The molecule has 2 aliphatic rings. The van der Waals surface area contributed by atoms with Gasteiger partial charge in [-0.1, -0.05) is 24.6 Å². The Morgan fingerprint density at radius 1 is 1.06 bits per heavy atom. The van der Waals surface area contributed by atoms with Crippen molar-refractivity contribution in [2.24, 2.45) is 10.7 Å². The zero-order chi connectivity index (χ0) is 23.8. The van der Waals surface area contributed by atoms with Crippen LogP contribution in [0, 0.1) is 24.3 Å². The van der Waals surface area contributed by atoms with Crippen LogP contribution in [0.25, 0.3) is 0 Å². The van der Waals surface area contributed by atoms with E-state index in [9.17, 15) is 14.4 Å². The fraction of sp³-hybridized carbons (Fsp3) is 0.435. The number of benzene rings is 1. The van der Waals surface area contributed by atoms with E-state index in [4.69, 9.17) is 11.0 Å². The molecule has 0 unspecified atom stereocenters. The first-order valence-corrected chi connectivity index (χ1v) is 10.5. The predicted octanol–water partition coefficient (Wildman–Crippen LogP) is 1.47. The SMILES string of the molecule is C#C.N#CN=C(N)NC(=O)c1ccccc1.O=C(CN1CCCCCC1=O)N1CCCC1. The Morgan fingerprint density at radius 2 is 1.69 bits per heavy atom. The molecule has 9 nitrogen and oxygen atoms in total. The molecule has 0 saturated carbocycles. The number of rotatable bonds is 3. The molecule has 0 bridgehead atoms. The molecule has 0 spiro atoms. The van der Waals surface area contributed by atoms with Crippen LogP contribution >= 0.6 is 0 Å². The summed E-state index contributed by atoms with van der Waals surface area (Å²) >= 11 is 0. The minimum atomic E-state index is -0.387. The van der Waals surface area contributed by atoms with Crippen molar-refractivity contribution in [3.05, 3.63) is 35.9 Å². The molecule has 3 N–H and O–H groups in total. The fourth-order valence-corrected chi connectivity index (χ4v) is 3.30. The molecule has 3 amide bonds. The van der Waals surface area contributed by atoms with Crippen LogP contribution in [0.4, 0.5) is 0 Å². The van der Waals surface area contributed by atoms with Crippen molar-refractivity contribution in [1.29, 1.82) is 5.26 Å². The quantitative estimate of drug-likeness (QED) is 0.319. The van der Waals surface area contributed by atoms with Gasteiger partial charge >= 0.3 is 0 Å². The number of aliphatic imine (C=N–C) groups is 1. The lowest BCUT2D eigenvalue weighted by Gasteiger charge is -2.23. The maximum absolute atomic E-state index is 11.9. The number of nitrogens with zero attached hydrogens (tertiary/aromatic N) is 4. The number of hydrogen-bond donors (Lipinski definition) is 2. The normalized spacial score (nSPS) is 15.8. The number of nitrogens with one attached hydrogen (secondary N) is 1. The number of carbonyl (C=O) groups is 3. The lowest BCUT2D eigenvalue weighted by molar-refractivity contribution is -0.139. The van der Waals surface area contributed by atoms with Gasteiger partial charge in [0.05, 0.1) is 6.54 Å². The number of nitriles is 1. The van der Waals surface area contributed by atoms with Gasteiger partial charge in [-0.15, -0.1) is 17.8 Å². The number of guanidine groups is 1. The molecule has 0 atom stereocenters. The molecule has 0 aliphatic carbocycles. The largest absolute Gasteiger partial charge is 0.369 e. The van der Waals surface area contributed by atoms with Crippen molar-refractivity contribution in [1.82, 2.24) is 15.1 Å². The van der Waals surface area contributed by atoms with E-state index in [1.54, 1.807) is 35.2 Å². The van der Waals surface area contributed by atoms with E-state index in [1.165, 1.54) is 6.19 Å². The maximum Gasteiger partial charge on any atom is 0.257 e. The molecule has 170 valence electrons. The highest BCUT2D eigenvalue weighted by Gasteiger charge is 2.23. The molecule has 0 radical (unpaired) electrons. The minimum absolute atomic E-state index is 0.132. The van der Waals surface area contributed by atoms with Crippen LogP contribution in [0.1, 0.15) is 48.9 Å². The third kappa shape index (κ3) is 9.31. The summed E-state index contributed by atoms with van der Waals surface area (Å²) in [5.41, 5.74) is 5.68. The van der Waals surface area contributed by atoms with Crippen LogP contribution in [-0.2, 0) is 9.59 Å². The van der Waals surface area contributed by atoms with Gasteiger partial charge in [0.15, 0.2) is 0 Å². The monoisotopic (exact) mass is 438 g/mol. The number of hydrogen-bond acceptors (Lipinski definition) is 5. The van der Waals surface area contributed by atoms with E-state index < -0.39 is 0 Å². The number of nitrogens with two attached hydrogens (primary N) is 1. The number of terminal acetylenes is 1. The summed E-state index contributed by atoms with van der Waals surface area (Å²) in [6, 6.07) is 8.52. The Labute approximate surface area is 189 Å². The summed E-state index contributed by atoms with van der Waals surface area (Å²) in [7, 11) is 0. The molecule has 2 saturated heterocycles. The van der Waals surface area contributed by atoms with Crippen LogP contribution in [-0.4, -0.2) is 59.7 Å². The van der Waals surface area contributed by atoms with E-state index in [-0.39, 0.29) is 23.7 Å². The first-order chi connectivity index (χ1) is 15.5. The molecule has 1 aromatic carbocycles. The molecule has 0 aromatic heterocycles. The summed E-state index contributed by atoms with van der Waals surface area (Å²) in [5.74, 6) is -0.304. The molecule has 9 heteroatoms. The minimum Gasteiger partial charge on any atom is -0.369 e. The van der Waals surface area contributed by atoms with Gasteiger partial charge in [-0.25, -0.2) is 0 Å². The lowest BCUT2D eigenvalue weighted by Crippen LogP contribution is -2.41. The standard InChI is InChI=1S/C12H20N2O2.C9H8N4O.C2H2/c15-11-6-2-1-3-9-14(11)10-12(16)13-7-4-5-8-13;10-6-12-9(11)13-8(14)7-4-2-1-3-5-7;1-2/h1-10H2;1-5H,(H3,11,12,13,14);1-2H. The van der Waals surface area contributed by atoms with Gasteiger partial charge in [-0.05, 0) is 37.8 Å². The third-order valence-electron chi connectivity index (χ3n) is 4.90. The molecule has 1 aromatic rings. The highest BCUT2D eigenvalue weighted by atomic mass is 16.2. The topological polar surface area (TPSA) is 132 Å². The average molecular weight is 439 g/mol. The van der Waals surface area contributed by atoms with Gasteiger partial charge in [0, 0.05) is 31.6 Å².